The van der Waals surface area contributed by atoms with Gasteiger partial charge in [0.2, 0.25) is 0 Å². The maximum absolute atomic E-state index is 11.1. The first kappa shape index (κ1) is 27.0. The van der Waals surface area contributed by atoms with Crippen LogP contribution in [-0.4, -0.2) is 26.1 Å². The molecule has 0 radical (unpaired) electrons. The van der Waals surface area contributed by atoms with Gasteiger partial charge in [-0.3, -0.25) is 0 Å². The van der Waals surface area contributed by atoms with Gasteiger partial charge < -0.3 is 9.84 Å². The van der Waals surface area contributed by atoms with Crippen molar-refractivity contribution in [3.05, 3.63) is 99.3 Å². The molecule has 0 aliphatic heterocycles. The van der Waals surface area contributed by atoms with Crippen LogP contribution in [0.3, 0.4) is 0 Å². The lowest BCUT2D eigenvalue weighted by molar-refractivity contribution is 0.0697. The fraction of sp³-hybridized carbons (Fsp3) is 0.250. The molecule has 3 aromatic carbocycles. The van der Waals surface area contributed by atoms with Gasteiger partial charge in [0, 0.05) is 9.64 Å². The number of thioether (sulfide) groups is 1. The van der Waals surface area contributed by atoms with Crippen molar-refractivity contribution >= 4 is 40.9 Å². The quantitative estimate of drug-likeness (QED) is 0.211. The van der Waals surface area contributed by atoms with Crippen LogP contribution in [-0.2, 0) is 11.4 Å². The number of benzene rings is 3. The van der Waals surface area contributed by atoms with Crippen LogP contribution < -0.4 is 4.74 Å². The Bertz CT molecular complexity index is 1380. The highest BCUT2D eigenvalue weighted by Crippen LogP contribution is 2.41. The van der Waals surface area contributed by atoms with E-state index >= 15 is 0 Å². The minimum Gasteiger partial charge on any atom is -0.487 e. The molecular weight excluding hydrogens is 529 g/mol. The number of aromatic carboxylic acids is 1. The Hall–Kier alpha value is -3.00. The van der Waals surface area contributed by atoms with Crippen LogP contribution in [0.4, 0.5) is 0 Å². The van der Waals surface area contributed by atoms with E-state index in [1.807, 2.05) is 36.4 Å². The summed E-state index contributed by atoms with van der Waals surface area (Å²) in [5.74, 6) is -0.0813. The van der Waals surface area contributed by atoms with Gasteiger partial charge in [0.05, 0.1) is 21.3 Å². The maximum Gasteiger partial charge on any atom is 0.335 e. The summed E-state index contributed by atoms with van der Waals surface area (Å²) in [5.41, 5.74) is 3.57. The number of ether oxygens (including phenoxy) is 1. The molecule has 0 fully saturated rings. The lowest BCUT2D eigenvalue weighted by Gasteiger charge is -2.25. The van der Waals surface area contributed by atoms with E-state index in [1.165, 1.54) is 0 Å². The number of nitrogens with zero attached hydrogens (tertiary/aromatic N) is 3. The molecule has 4 aromatic rings. The Labute approximate surface area is 230 Å². The van der Waals surface area contributed by atoms with E-state index in [0.29, 0.717) is 21.5 Å². The van der Waals surface area contributed by atoms with E-state index < -0.39 is 5.97 Å². The molecule has 4 rings (SSSR count). The van der Waals surface area contributed by atoms with Crippen LogP contribution in [0.15, 0.2) is 71.6 Å². The predicted molar refractivity (Wildman–Crippen MR) is 149 cm³/mol. The van der Waals surface area contributed by atoms with Crippen molar-refractivity contribution in [2.24, 2.45) is 0 Å². The lowest BCUT2D eigenvalue weighted by atomic mass is 10.0. The highest BCUT2D eigenvalue weighted by molar-refractivity contribution is 8.00. The molecule has 0 saturated heterocycles. The van der Waals surface area contributed by atoms with E-state index in [1.54, 1.807) is 46.8 Å². The third-order valence-electron chi connectivity index (χ3n) is 5.89. The molecule has 0 aliphatic carbocycles. The second-order valence-electron chi connectivity index (χ2n) is 9.31. The number of carboxylic acid groups (broad SMARTS) is 1. The number of carbonyl (C=O) groups is 1. The highest BCUT2D eigenvalue weighted by atomic mass is 35.5. The third kappa shape index (κ3) is 6.12. The van der Waals surface area contributed by atoms with Gasteiger partial charge in [0.25, 0.3) is 0 Å². The summed E-state index contributed by atoms with van der Waals surface area (Å²) in [6, 6.07) is 20.2. The summed E-state index contributed by atoms with van der Waals surface area (Å²) >= 11 is 14.5. The number of halogens is 2. The van der Waals surface area contributed by atoms with Crippen LogP contribution >= 0.6 is 35.0 Å². The van der Waals surface area contributed by atoms with Crippen molar-refractivity contribution < 1.29 is 14.6 Å². The molecule has 0 bridgehead atoms. The van der Waals surface area contributed by atoms with E-state index in [2.05, 4.69) is 38.0 Å². The molecular formula is C28H27Cl2N3O3S. The molecule has 6 nitrogen and oxygen atoms in total. The fourth-order valence-corrected chi connectivity index (χ4v) is 5.56. The number of rotatable bonds is 9. The summed E-state index contributed by atoms with van der Waals surface area (Å²) < 4.78 is 7.57. The summed E-state index contributed by atoms with van der Waals surface area (Å²) in [6.07, 6.45) is 0. The molecule has 0 saturated carbocycles. The molecule has 37 heavy (non-hydrogen) atoms. The van der Waals surface area contributed by atoms with E-state index in [0.717, 1.165) is 21.8 Å². The van der Waals surface area contributed by atoms with Crippen molar-refractivity contribution in [3.8, 4) is 11.4 Å². The summed E-state index contributed by atoms with van der Waals surface area (Å²) in [4.78, 5) is 12.1. The molecule has 0 aliphatic rings. The first-order valence-electron chi connectivity index (χ1n) is 11.7. The topological polar surface area (TPSA) is 77.2 Å². The van der Waals surface area contributed by atoms with Crippen LogP contribution in [0.5, 0.6) is 5.75 Å². The van der Waals surface area contributed by atoms with Gasteiger partial charge >= 0.3 is 5.97 Å². The van der Waals surface area contributed by atoms with Crippen molar-refractivity contribution in [1.82, 2.24) is 15.0 Å². The number of hydrogen-bond donors (Lipinski definition) is 1. The van der Waals surface area contributed by atoms with Gasteiger partial charge in [0.1, 0.15) is 23.7 Å². The third-order valence-corrected chi connectivity index (χ3v) is 7.75. The predicted octanol–water partition coefficient (Wildman–Crippen LogP) is 8.00. The van der Waals surface area contributed by atoms with Crippen LogP contribution in [0.1, 0.15) is 60.9 Å². The second-order valence-corrected chi connectivity index (χ2v) is 11.8. The number of carboxylic acids is 1. The van der Waals surface area contributed by atoms with Crippen molar-refractivity contribution in [2.75, 3.05) is 0 Å². The minimum absolute atomic E-state index is 0.137. The molecule has 0 atom stereocenters. The zero-order chi connectivity index (χ0) is 26.7. The summed E-state index contributed by atoms with van der Waals surface area (Å²) in [6.45, 7) is 8.61. The first-order valence-corrected chi connectivity index (χ1v) is 13.3. The van der Waals surface area contributed by atoms with Gasteiger partial charge in [-0.15, -0.1) is 16.9 Å². The van der Waals surface area contributed by atoms with Crippen LogP contribution in [0, 0.1) is 0 Å². The van der Waals surface area contributed by atoms with E-state index in [9.17, 15) is 4.79 Å². The molecule has 1 heterocycles. The summed E-state index contributed by atoms with van der Waals surface area (Å²) in [5, 5.41) is 18.8. The average Bonchev–Trinajstić information content (AvgIpc) is 3.27. The van der Waals surface area contributed by atoms with Crippen molar-refractivity contribution in [3.63, 3.8) is 0 Å². The molecule has 0 spiro atoms. The minimum atomic E-state index is -0.930. The molecule has 1 N–H and O–H groups in total. The SMILES string of the molecule is CC(C)c1nnn(-c2c(Cl)cccc2Cl)c1COc1ccc(C(C)(C)Sc2ccc(C(=O)O)cc2)cc1. The Morgan fingerprint density at radius 1 is 1.03 bits per heavy atom. The molecule has 0 amide bonds. The number of para-hydroxylation sites is 1. The Morgan fingerprint density at radius 3 is 2.22 bits per heavy atom. The molecule has 9 heteroatoms. The Kier molecular flexibility index (Phi) is 8.17. The number of aromatic nitrogens is 3. The maximum atomic E-state index is 11.1. The van der Waals surface area contributed by atoms with Gasteiger partial charge in [-0.25, -0.2) is 9.48 Å². The standard InChI is InChI=1S/C28H27Cl2N3O3S/c1-17(2)25-24(33(32-31-25)26-22(29)6-5-7-23(26)30)16-36-20-12-10-19(11-13-20)28(3,4)37-21-14-8-18(9-15-21)27(34)35/h5-15,17H,16H2,1-4H3,(H,34,35). The number of hydrogen-bond acceptors (Lipinski definition) is 5. The van der Waals surface area contributed by atoms with Gasteiger partial charge in [-0.1, -0.05) is 60.5 Å². The molecule has 1 aromatic heterocycles. The second kappa shape index (κ2) is 11.2. The zero-order valence-corrected chi connectivity index (χ0v) is 23.2. The highest BCUT2D eigenvalue weighted by Gasteiger charge is 2.23. The Morgan fingerprint density at radius 2 is 1.65 bits per heavy atom. The van der Waals surface area contributed by atoms with Crippen LogP contribution in [0.2, 0.25) is 10.0 Å². The molecule has 192 valence electrons. The normalized spacial score (nSPS) is 11.6. The fourth-order valence-electron chi connectivity index (χ4n) is 3.89. The van der Waals surface area contributed by atoms with Crippen molar-refractivity contribution in [1.29, 1.82) is 0 Å². The molecule has 0 unspecified atom stereocenters. The van der Waals surface area contributed by atoms with Gasteiger partial charge in [0.15, 0.2) is 0 Å². The zero-order valence-electron chi connectivity index (χ0n) is 20.9. The largest absolute Gasteiger partial charge is 0.487 e. The average molecular weight is 557 g/mol. The van der Waals surface area contributed by atoms with Gasteiger partial charge in [-0.2, -0.15) is 0 Å². The van der Waals surface area contributed by atoms with Gasteiger partial charge in [-0.05, 0) is 73.9 Å². The van der Waals surface area contributed by atoms with E-state index in [-0.39, 0.29) is 22.8 Å². The lowest BCUT2D eigenvalue weighted by Crippen LogP contribution is -2.12. The summed E-state index contributed by atoms with van der Waals surface area (Å²) in [7, 11) is 0. The smallest absolute Gasteiger partial charge is 0.335 e. The monoisotopic (exact) mass is 555 g/mol. The van der Waals surface area contributed by atoms with Crippen molar-refractivity contribution in [2.45, 2.75) is 49.9 Å². The first-order chi connectivity index (χ1) is 17.6. The van der Waals surface area contributed by atoms with E-state index in [4.69, 9.17) is 33.0 Å². The Balaban J connectivity index is 1.51. The van der Waals surface area contributed by atoms with Crippen LogP contribution in [0.25, 0.3) is 5.69 Å².